The number of nitrogens with one attached hydrogen (secondary N) is 1. The summed E-state index contributed by atoms with van der Waals surface area (Å²) in [7, 11) is 0. The quantitative estimate of drug-likeness (QED) is 0.921. The van der Waals surface area contributed by atoms with Crippen molar-refractivity contribution in [3.63, 3.8) is 0 Å². The summed E-state index contributed by atoms with van der Waals surface area (Å²) in [5.74, 6) is 0. The Hall–Kier alpha value is -1.97. The number of fused-ring (bicyclic) bond motifs is 1. The molecule has 1 aromatic heterocycles. The number of hydrogen-bond donors (Lipinski definition) is 1. The molecule has 1 heterocycles. The minimum atomic E-state index is -0.272. The second kappa shape index (κ2) is 5.57. The van der Waals surface area contributed by atoms with E-state index in [1.165, 1.54) is 0 Å². The maximum absolute atomic E-state index is 12.1. The number of aromatic nitrogens is 1. The van der Waals surface area contributed by atoms with Crippen LogP contribution < -0.4 is 0 Å². The van der Waals surface area contributed by atoms with Crippen LogP contribution in [0.15, 0.2) is 30.5 Å². The number of benzene rings is 1. The Kier molecular flexibility index (Phi) is 4.02. The Morgan fingerprint density at radius 3 is 2.70 bits per heavy atom. The molecule has 0 spiro atoms. The second-order valence-corrected chi connectivity index (χ2v) is 5.87. The van der Waals surface area contributed by atoms with E-state index in [1.54, 1.807) is 4.90 Å². The first-order chi connectivity index (χ1) is 9.41. The maximum Gasteiger partial charge on any atom is 0.410 e. The van der Waals surface area contributed by atoms with Gasteiger partial charge in [-0.15, -0.1) is 0 Å². The highest BCUT2D eigenvalue weighted by molar-refractivity contribution is 5.79. The molecule has 0 bridgehead atoms. The molecule has 20 heavy (non-hydrogen) atoms. The van der Waals surface area contributed by atoms with Crippen LogP contribution in [0.5, 0.6) is 0 Å². The van der Waals surface area contributed by atoms with E-state index in [1.807, 2.05) is 58.2 Å². The molecule has 2 aromatic rings. The lowest BCUT2D eigenvalue weighted by atomic mass is 10.1. The van der Waals surface area contributed by atoms with Gasteiger partial charge in [-0.05, 0) is 50.8 Å². The number of carbonyl (C=O) groups excluding carboxylic acids is 1. The molecule has 1 aromatic carbocycles. The molecule has 0 fully saturated rings. The Morgan fingerprint density at radius 2 is 2.05 bits per heavy atom. The fourth-order valence-electron chi connectivity index (χ4n) is 2.29. The molecule has 0 aliphatic carbocycles. The summed E-state index contributed by atoms with van der Waals surface area (Å²) in [6.45, 7) is 8.89. The van der Waals surface area contributed by atoms with Crippen molar-refractivity contribution in [2.24, 2.45) is 0 Å². The van der Waals surface area contributed by atoms with Crippen LogP contribution >= 0.6 is 0 Å². The van der Waals surface area contributed by atoms with E-state index in [2.05, 4.69) is 4.98 Å². The first-order valence-electron chi connectivity index (χ1n) is 6.92. The zero-order chi connectivity index (χ0) is 14.8. The minimum Gasteiger partial charge on any atom is -0.445 e. The van der Waals surface area contributed by atoms with Crippen molar-refractivity contribution in [2.75, 3.05) is 6.54 Å². The van der Waals surface area contributed by atoms with Crippen LogP contribution in [0.25, 0.3) is 10.9 Å². The lowest BCUT2D eigenvalue weighted by molar-refractivity contribution is 0.0656. The van der Waals surface area contributed by atoms with E-state index in [0.717, 1.165) is 16.5 Å². The fourth-order valence-corrected chi connectivity index (χ4v) is 2.29. The van der Waals surface area contributed by atoms with Gasteiger partial charge in [0.15, 0.2) is 0 Å². The van der Waals surface area contributed by atoms with E-state index in [0.29, 0.717) is 13.2 Å². The topological polar surface area (TPSA) is 45.3 Å². The summed E-state index contributed by atoms with van der Waals surface area (Å²) < 4.78 is 5.41. The number of H-pyrrole nitrogens is 1. The highest BCUT2D eigenvalue weighted by Gasteiger charge is 2.25. The molecule has 4 heteroatoms. The van der Waals surface area contributed by atoms with Gasteiger partial charge in [-0.2, -0.15) is 0 Å². The molecule has 1 amide bonds. The molecule has 0 atom stereocenters. The third-order valence-corrected chi connectivity index (χ3v) is 3.33. The van der Waals surface area contributed by atoms with E-state index in [9.17, 15) is 4.79 Å². The predicted octanol–water partition coefficient (Wildman–Crippen LogP) is 3.92. The van der Waals surface area contributed by atoms with Gasteiger partial charge in [0.05, 0.1) is 0 Å². The minimum absolute atomic E-state index is 0.227. The van der Waals surface area contributed by atoms with Crippen LogP contribution in [0, 0.1) is 0 Å². The van der Waals surface area contributed by atoms with Gasteiger partial charge in [0.2, 0.25) is 0 Å². The highest BCUT2D eigenvalue weighted by atomic mass is 16.6. The van der Waals surface area contributed by atoms with Crippen molar-refractivity contribution in [2.45, 2.75) is 39.8 Å². The van der Waals surface area contributed by atoms with Crippen LogP contribution in [-0.4, -0.2) is 28.1 Å². The van der Waals surface area contributed by atoms with Gasteiger partial charge in [-0.3, -0.25) is 0 Å². The molecular formula is C16H22N2O2. The second-order valence-electron chi connectivity index (χ2n) is 5.87. The Balaban J connectivity index is 2.02. The summed E-state index contributed by atoms with van der Waals surface area (Å²) in [6.07, 6.45) is 1.63. The largest absolute Gasteiger partial charge is 0.445 e. The van der Waals surface area contributed by atoms with Crippen molar-refractivity contribution in [3.05, 3.63) is 36.0 Å². The summed E-state index contributed by atoms with van der Waals surface area (Å²) >= 11 is 0. The number of rotatable bonds is 3. The third-order valence-electron chi connectivity index (χ3n) is 3.33. The Labute approximate surface area is 119 Å². The SMILES string of the molecule is CCN(C(=O)OCc1ccc2cc[nH]c2c1)C(C)(C)C. The zero-order valence-electron chi connectivity index (χ0n) is 12.6. The molecule has 2 rings (SSSR count). The molecule has 0 radical (unpaired) electrons. The van der Waals surface area contributed by atoms with E-state index >= 15 is 0 Å². The lowest BCUT2D eigenvalue weighted by Gasteiger charge is -2.33. The van der Waals surface area contributed by atoms with Crippen LogP contribution in [0.4, 0.5) is 4.79 Å². The number of nitrogens with zero attached hydrogens (tertiary/aromatic N) is 1. The molecule has 0 aliphatic rings. The van der Waals surface area contributed by atoms with Crippen LogP contribution in [0.2, 0.25) is 0 Å². The maximum atomic E-state index is 12.1. The van der Waals surface area contributed by atoms with Crippen molar-refractivity contribution in [3.8, 4) is 0 Å². The number of carbonyl (C=O) groups is 1. The van der Waals surface area contributed by atoms with Crippen molar-refractivity contribution in [1.29, 1.82) is 0 Å². The monoisotopic (exact) mass is 274 g/mol. The van der Waals surface area contributed by atoms with Crippen molar-refractivity contribution < 1.29 is 9.53 Å². The first kappa shape index (κ1) is 14.4. The molecule has 0 saturated carbocycles. The predicted molar refractivity (Wildman–Crippen MR) is 80.6 cm³/mol. The third kappa shape index (κ3) is 3.13. The lowest BCUT2D eigenvalue weighted by Crippen LogP contribution is -2.45. The molecule has 1 N–H and O–H groups in total. The van der Waals surface area contributed by atoms with Gasteiger partial charge in [-0.25, -0.2) is 4.79 Å². The smallest absolute Gasteiger partial charge is 0.410 e. The van der Waals surface area contributed by atoms with Gasteiger partial charge in [-0.1, -0.05) is 12.1 Å². The zero-order valence-corrected chi connectivity index (χ0v) is 12.6. The summed E-state index contributed by atoms with van der Waals surface area (Å²) in [6, 6.07) is 8.03. The van der Waals surface area contributed by atoms with Gasteiger partial charge >= 0.3 is 6.09 Å². The van der Waals surface area contributed by atoms with Crippen LogP contribution in [0.1, 0.15) is 33.3 Å². The number of aromatic amines is 1. The van der Waals surface area contributed by atoms with Gasteiger partial charge in [0, 0.05) is 23.8 Å². The van der Waals surface area contributed by atoms with E-state index in [-0.39, 0.29) is 11.6 Å². The first-order valence-corrected chi connectivity index (χ1v) is 6.92. The molecule has 0 unspecified atom stereocenters. The Bertz CT molecular complexity index is 596. The standard InChI is InChI=1S/C16H22N2O2/c1-5-18(16(2,3)4)15(19)20-11-12-6-7-13-8-9-17-14(13)10-12/h6-10,17H,5,11H2,1-4H3. The number of amides is 1. The van der Waals surface area contributed by atoms with Crippen molar-refractivity contribution in [1.82, 2.24) is 9.88 Å². The molecule has 108 valence electrons. The average Bonchev–Trinajstić information content (AvgIpc) is 2.82. The van der Waals surface area contributed by atoms with Crippen molar-refractivity contribution >= 4 is 17.0 Å². The summed E-state index contributed by atoms with van der Waals surface area (Å²) in [5, 5.41) is 1.16. The average molecular weight is 274 g/mol. The molecular weight excluding hydrogens is 252 g/mol. The molecule has 0 saturated heterocycles. The van der Waals surface area contributed by atoms with Gasteiger partial charge in [0.25, 0.3) is 0 Å². The number of hydrogen-bond acceptors (Lipinski definition) is 2. The van der Waals surface area contributed by atoms with Gasteiger partial charge < -0.3 is 14.6 Å². The normalized spacial score (nSPS) is 11.6. The summed E-state index contributed by atoms with van der Waals surface area (Å²) in [4.78, 5) is 17.0. The van der Waals surface area contributed by atoms with E-state index < -0.39 is 0 Å². The van der Waals surface area contributed by atoms with Gasteiger partial charge in [0.1, 0.15) is 6.61 Å². The molecule has 0 aliphatic heterocycles. The van der Waals surface area contributed by atoms with E-state index in [4.69, 9.17) is 4.74 Å². The highest BCUT2D eigenvalue weighted by Crippen LogP contribution is 2.17. The number of ether oxygens (including phenoxy) is 1. The Morgan fingerprint density at radius 1 is 1.30 bits per heavy atom. The van der Waals surface area contributed by atoms with Crippen LogP contribution in [0.3, 0.4) is 0 Å². The molecule has 4 nitrogen and oxygen atoms in total. The summed E-state index contributed by atoms with van der Waals surface area (Å²) in [5.41, 5.74) is 1.81. The van der Waals surface area contributed by atoms with Crippen LogP contribution in [-0.2, 0) is 11.3 Å². The fraction of sp³-hybridized carbons (Fsp3) is 0.438.